The second-order valence-electron chi connectivity index (χ2n) is 12.2. The third kappa shape index (κ3) is 7.45. The molecule has 0 bridgehead atoms. The van der Waals surface area contributed by atoms with E-state index in [-0.39, 0.29) is 12.2 Å². The Morgan fingerprint density at radius 3 is 1.03 bits per heavy atom. The summed E-state index contributed by atoms with van der Waals surface area (Å²) in [6.07, 6.45) is 1.98. The molecule has 2 heterocycles. The smallest absolute Gasteiger partial charge is 0.314 e. The SMILES string of the molecule is CCCOC1([Si](C)(C)O[Si](C)(C)O[Si](C)(C)O[Si](C)(C)O[Si](C)(C)C2(OCCC)OC2C)OC1C. The number of hydrogen-bond donors (Lipinski definition) is 0. The average molecular weight is 585 g/mol. The van der Waals surface area contributed by atoms with Gasteiger partial charge in [0.2, 0.25) is 27.5 Å². The van der Waals surface area contributed by atoms with Gasteiger partial charge in [0.15, 0.2) is 0 Å². The Morgan fingerprint density at radius 2 is 0.800 bits per heavy atom. The highest BCUT2D eigenvalue weighted by Crippen LogP contribution is 2.48. The van der Waals surface area contributed by atoms with Gasteiger partial charge in [-0.2, -0.15) is 0 Å². The molecule has 13 heteroatoms. The summed E-state index contributed by atoms with van der Waals surface area (Å²) in [5.74, 6) is 0. The number of epoxide rings is 2. The molecular weight excluding hydrogens is 533 g/mol. The minimum Gasteiger partial charge on any atom is -0.432 e. The molecule has 0 saturated carbocycles. The summed E-state index contributed by atoms with van der Waals surface area (Å²) in [7, 11) is -12.4. The lowest BCUT2D eigenvalue weighted by molar-refractivity contribution is -0.000902. The molecule has 8 nitrogen and oxygen atoms in total. The second kappa shape index (κ2) is 10.7. The van der Waals surface area contributed by atoms with Crippen molar-refractivity contribution in [3.05, 3.63) is 0 Å². The summed E-state index contributed by atoms with van der Waals surface area (Å²) >= 11 is 0. The highest BCUT2D eigenvalue weighted by molar-refractivity contribution is 6.91. The monoisotopic (exact) mass is 584 g/mol. The fourth-order valence-electron chi connectivity index (χ4n) is 5.50. The van der Waals surface area contributed by atoms with E-state index in [9.17, 15) is 0 Å². The van der Waals surface area contributed by atoms with Crippen LogP contribution in [0.25, 0.3) is 0 Å². The minimum absolute atomic E-state index is 0.0447. The highest BCUT2D eigenvalue weighted by Gasteiger charge is 2.70. The summed E-state index contributed by atoms with van der Waals surface area (Å²) in [6, 6.07) is 0. The molecule has 0 spiro atoms. The standard InChI is InChI=1S/C22H52O8Si5/c1-15-17-23-21(19(3)25-21)31(5,6)27-33(9,10)29-35(13,14)30-34(11,12)28-32(7,8)22(20(4)26-22)24-18-16-2/h19-20H,15-18H2,1-14H3. The summed E-state index contributed by atoms with van der Waals surface area (Å²) in [6.45, 7) is 30.9. The first kappa shape index (κ1) is 32.0. The lowest BCUT2D eigenvalue weighted by Crippen LogP contribution is -2.63. The Labute approximate surface area is 219 Å². The van der Waals surface area contributed by atoms with Gasteiger partial charge in [0, 0.05) is 13.2 Å². The van der Waals surface area contributed by atoms with Crippen molar-refractivity contribution in [2.24, 2.45) is 0 Å². The Balaban J connectivity index is 2.06. The first-order valence-electron chi connectivity index (χ1n) is 13.1. The summed E-state index contributed by atoms with van der Waals surface area (Å²) < 4.78 is 51.4. The molecule has 2 aliphatic rings. The molecule has 2 fully saturated rings. The maximum absolute atomic E-state index is 6.80. The lowest BCUT2D eigenvalue weighted by atomic mass is 10.5. The predicted octanol–water partition coefficient (Wildman–Crippen LogP) is 5.73. The maximum Gasteiger partial charge on any atom is 0.314 e. The van der Waals surface area contributed by atoms with Crippen molar-refractivity contribution in [2.75, 3.05) is 13.2 Å². The zero-order valence-corrected chi connectivity index (χ0v) is 29.7. The van der Waals surface area contributed by atoms with Crippen LogP contribution in [0.15, 0.2) is 0 Å². The Bertz CT molecular complexity index is 677. The number of rotatable bonds is 16. The largest absolute Gasteiger partial charge is 0.432 e. The Morgan fingerprint density at radius 1 is 0.543 bits per heavy atom. The van der Waals surface area contributed by atoms with Gasteiger partial charge in [-0.1, -0.05) is 13.8 Å². The van der Waals surface area contributed by atoms with Crippen molar-refractivity contribution >= 4 is 42.3 Å². The van der Waals surface area contributed by atoms with Crippen molar-refractivity contribution in [3.8, 4) is 0 Å². The fraction of sp³-hybridized carbons (Fsp3) is 1.00. The van der Waals surface area contributed by atoms with Crippen LogP contribution >= 0.6 is 0 Å². The molecule has 0 aromatic rings. The second-order valence-corrected chi connectivity index (χ2v) is 31.3. The van der Waals surface area contributed by atoms with E-state index in [0.29, 0.717) is 13.2 Å². The minimum atomic E-state index is -2.58. The van der Waals surface area contributed by atoms with E-state index in [0.717, 1.165) is 12.8 Å². The molecule has 4 atom stereocenters. The zero-order chi connectivity index (χ0) is 27.1. The van der Waals surface area contributed by atoms with Gasteiger partial charge in [-0.15, -0.1) is 0 Å². The van der Waals surface area contributed by atoms with Gasteiger partial charge in [0.1, 0.15) is 12.2 Å². The third-order valence-corrected chi connectivity index (χ3v) is 26.9. The topological polar surface area (TPSA) is 80.4 Å². The molecule has 35 heavy (non-hydrogen) atoms. The molecule has 208 valence electrons. The van der Waals surface area contributed by atoms with Gasteiger partial charge in [0.25, 0.3) is 0 Å². The molecule has 0 radical (unpaired) electrons. The molecule has 4 unspecified atom stereocenters. The van der Waals surface area contributed by atoms with Crippen LogP contribution in [0.5, 0.6) is 0 Å². The van der Waals surface area contributed by atoms with Gasteiger partial charge in [-0.25, -0.2) is 0 Å². The molecule has 2 saturated heterocycles. The molecular formula is C22H52O8Si5. The maximum atomic E-state index is 6.80. The van der Waals surface area contributed by atoms with E-state index >= 15 is 0 Å². The van der Waals surface area contributed by atoms with Crippen molar-refractivity contribution in [1.29, 1.82) is 0 Å². The van der Waals surface area contributed by atoms with Crippen LogP contribution in [-0.4, -0.2) is 78.6 Å². The van der Waals surface area contributed by atoms with Crippen LogP contribution in [-0.2, 0) is 35.4 Å². The normalized spacial score (nSPS) is 30.0. The summed E-state index contributed by atoms with van der Waals surface area (Å²) in [4.78, 5) is 0. The van der Waals surface area contributed by atoms with Crippen molar-refractivity contribution < 1.29 is 35.4 Å². The fourth-order valence-corrected chi connectivity index (χ4v) is 31.3. The first-order chi connectivity index (χ1) is 15.7. The van der Waals surface area contributed by atoms with Crippen LogP contribution < -0.4 is 0 Å². The summed E-state index contributed by atoms with van der Waals surface area (Å²) in [5, 5.41) is 0. The van der Waals surface area contributed by atoms with Crippen LogP contribution in [0.1, 0.15) is 40.5 Å². The zero-order valence-electron chi connectivity index (χ0n) is 24.7. The molecule has 0 N–H and O–H groups in total. The van der Waals surface area contributed by atoms with Gasteiger partial charge >= 0.3 is 25.7 Å². The first-order valence-corrected chi connectivity index (χ1v) is 27.4. The van der Waals surface area contributed by atoms with Crippen LogP contribution in [0, 0.1) is 0 Å². The lowest BCUT2D eigenvalue weighted by Gasteiger charge is -2.43. The van der Waals surface area contributed by atoms with Crippen LogP contribution in [0.2, 0.25) is 65.5 Å². The highest BCUT2D eigenvalue weighted by atomic mass is 28.5. The van der Waals surface area contributed by atoms with Crippen LogP contribution in [0.3, 0.4) is 0 Å². The van der Waals surface area contributed by atoms with E-state index in [4.69, 9.17) is 35.4 Å². The van der Waals surface area contributed by atoms with Crippen molar-refractivity contribution in [2.45, 2.75) is 129 Å². The van der Waals surface area contributed by atoms with Gasteiger partial charge in [-0.05, 0) is 92.2 Å². The molecule has 2 rings (SSSR count). The van der Waals surface area contributed by atoms with E-state index in [1.54, 1.807) is 0 Å². The average Bonchev–Trinajstić information content (AvgIpc) is 3.50. The quantitative estimate of drug-likeness (QED) is 0.168. The van der Waals surface area contributed by atoms with E-state index in [1.165, 1.54) is 0 Å². The predicted molar refractivity (Wildman–Crippen MR) is 151 cm³/mol. The van der Waals surface area contributed by atoms with Crippen molar-refractivity contribution in [3.63, 3.8) is 0 Å². The number of hydrogen-bond acceptors (Lipinski definition) is 8. The third-order valence-electron chi connectivity index (χ3n) is 6.36. The van der Waals surface area contributed by atoms with E-state index in [2.05, 4.69) is 93.2 Å². The van der Waals surface area contributed by atoms with Crippen molar-refractivity contribution in [1.82, 2.24) is 0 Å². The van der Waals surface area contributed by atoms with Gasteiger partial charge < -0.3 is 35.4 Å². The molecule has 2 aliphatic heterocycles. The van der Waals surface area contributed by atoms with Crippen LogP contribution in [0.4, 0.5) is 0 Å². The molecule has 0 aromatic carbocycles. The molecule has 0 aromatic heterocycles. The number of ether oxygens (including phenoxy) is 4. The van der Waals surface area contributed by atoms with Gasteiger partial charge in [-0.3, -0.25) is 0 Å². The molecule has 0 amide bonds. The Hall–Kier alpha value is 0.764. The molecule has 0 aliphatic carbocycles. The van der Waals surface area contributed by atoms with E-state index < -0.39 is 53.1 Å². The Kier molecular flexibility index (Phi) is 9.81. The summed E-state index contributed by atoms with van der Waals surface area (Å²) in [5.41, 5.74) is -1.19. The van der Waals surface area contributed by atoms with E-state index in [1.807, 2.05) is 0 Å². The van der Waals surface area contributed by atoms with Gasteiger partial charge in [0.05, 0.1) is 0 Å².